The lowest BCUT2D eigenvalue weighted by Crippen LogP contribution is -2.28. The van der Waals surface area contributed by atoms with E-state index in [0.717, 1.165) is 12.0 Å². The average molecular weight is 252 g/mol. The van der Waals surface area contributed by atoms with Crippen LogP contribution in [0.4, 0.5) is 4.39 Å². The quantitative estimate of drug-likeness (QED) is 0.843. The van der Waals surface area contributed by atoms with Gasteiger partial charge in [-0.3, -0.25) is 4.79 Å². The van der Waals surface area contributed by atoms with Crippen LogP contribution in [-0.2, 0) is 4.79 Å². The van der Waals surface area contributed by atoms with Crippen LogP contribution >= 0.6 is 0 Å². The Hall–Kier alpha value is -1.42. The van der Waals surface area contributed by atoms with Crippen molar-refractivity contribution >= 4 is 5.91 Å². The summed E-state index contributed by atoms with van der Waals surface area (Å²) in [5.41, 5.74) is 0.926. The SMILES string of the molecule is CCC(NCCC(=O)N(C)C)c1cccc(F)c1. The molecule has 0 saturated carbocycles. The van der Waals surface area contributed by atoms with E-state index in [1.165, 1.54) is 12.1 Å². The van der Waals surface area contributed by atoms with Crippen LogP contribution in [0.15, 0.2) is 24.3 Å². The zero-order chi connectivity index (χ0) is 13.5. The molecule has 1 N–H and O–H groups in total. The topological polar surface area (TPSA) is 32.3 Å². The third-order valence-electron chi connectivity index (χ3n) is 2.89. The Morgan fingerprint density at radius 2 is 2.17 bits per heavy atom. The number of amides is 1. The van der Waals surface area contributed by atoms with Gasteiger partial charge < -0.3 is 10.2 Å². The summed E-state index contributed by atoms with van der Waals surface area (Å²) < 4.78 is 13.1. The first-order valence-corrected chi connectivity index (χ1v) is 6.23. The zero-order valence-corrected chi connectivity index (χ0v) is 11.2. The summed E-state index contributed by atoms with van der Waals surface area (Å²) >= 11 is 0. The molecule has 1 aromatic carbocycles. The van der Waals surface area contributed by atoms with Gasteiger partial charge in [0, 0.05) is 33.1 Å². The Balaban J connectivity index is 2.50. The lowest BCUT2D eigenvalue weighted by Gasteiger charge is -2.18. The number of carbonyl (C=O) groups is 1. The summed E-state index contributed by atoms with van der Waals surface area (Å²) in [6.07, 6.45) is 1.32. The van der Waals surface area contributed by atoms with Crippen LogP contribution in [0.3, 0.4) is 0 Å². The summed E-state index contributed by atoms with van der Waals surface area (Å²) in [7, 11) is 3.48. The highest BCUT2D eigenvalue weighted by Crippen LogP contribution is 2.17. The van der Waals surface area contributed by atoms with E-state index in [1.807, 2.05) is 13.0 Å². The molecule has 0 aromatic heterocycles. The summed E-state index contributed by atoms with van der Waals surface area (Å²) in [6, 6.07) is 6.68. The van der Waals surface area contributed by atoms with Gasteiger partial charge in [0.05, 0.1) is 0 Å². The Labute approximate surface area is 108 Å². The molecule has 0 saturated heterocycles. The Bertz CT molecular complexity index is 393. The molecule has 0 fully saturated rings. The monoisotopic (exact) mass is 252 g/mol. The average Bonchev–Trinajstić information content (AvgIpc) is 2.34. The molecule has 0 radical (unpaired) electrons. The fourth-order valence-corrected chi connectivity index (χ4v) is 1.80. The van der Waals surface area contributed by atoms with Crippen LogP contribution in [-0.4, -0.2) is 31.4 Å². The normalized spacial score (nSPS) is 12.2. The summed E-state index contributed by atoms with van der Waals surface area (Å²) in [5, 5.41) is 3.28. The first kappa shape index (κ1) is 14.6. The second-order valence-corrected chi connectivity index (χ2v) is 4.51. The van der Waals surface area contributed by atoms with Crippen molar-refractivity contribution in [1.82, 2.24) is 10.2 Å². The van der Waals surface area contributed by atoms with E-state index in [4.69, 9.17) is 0 Å². The number of nitrogens with one attached hydrogen (secondary N) is 1. The molecule has 1 unspecified atom stereocenters. The van der Waals surface area contributed by atoms with Gasteiger partial charge in [-0.15, -0.1) is 0 Å². The minimum absolute atomic E-state index is 0.0932. The predicted molar refractivity (Wildman–Crippen MR) is 70.7 cm³/mol. The number of rotatable bonds is 6. The van der Waals surface area contributed by atoms with Gasteiger partial charge in [0.25, 0.3) is 0 Å². The van der Waals surface area contributed by atoms with Crippen LogP contribution in [0.1, 0.15) is 31.4 Å². The largest absolute Gasteiger partial charge is 0.349 e. The first-order chi connectivity index (χ1) is 8.54. The molecule has 0 aliphatic rings. The highest BCUT2D eigenvalue weighted by Gasteiger charge is 2.10. The maximum atomic E-state index is 13.1. The molecular weight excluding hydrogens is 231 g/mol. The number of carbonyl (C=O) groups excluding carboxylic acids is 1. The molecular formula is C14H21FN2O. The maximum absolute atomic E-state index is 13.1. The molecule has 0 bridgehead atoms. The third-order valence-corrected chi connectivity index (χ3v) is 2.89. The molecule has 4 heteroatoms. The Morgan fingerprint density at radius 1 is 1.44 bits per heavy atom. The fourth-order valence-electron chi connectivity index (χ4n) is 1.80. The van der Waals surface area contributed by atoms with Crippen molar-refractivity contribution in [2.24, 2.45) is 0 Å². The zero-order valence-electron chi connectivity index (χ0n) is 11.2. The second kappa shape index (κ2) is 7.11. The van der Waals surface area contributed by atoms with Crippen LogP contribution in [0.25, 0.3) is 0 Å². The van der Waals surface area contributed by atoms with Gasteiger partial charge in [0.15, 0.2) is 0 Å². The number of hydrogen-bond acceptors (Lipinski definition) is 2. The molecule has 1 amide bonds. The number of halogens is 1. The first-order valence-electron chi connectivity index (χ1n) is 6.23. The van der Waals surface area contributed by atoms with E-state index in [1.54, 1.807) is 25.1 Å². The van der Waals surface area contributed by atoms with Crippen molar-refractivity contribution in [1.29, 1.82) is 0 Å². The van der Waals surface area contributed by atoms with E-state index in [0.29, 0.717) is 13.0 Å². The van der Waals surface area contributed by atoms with E-state index in [-0.39, 0.29) is 17.8 Å². The highest BCUT2D eigenvalue weighted by molar-refractivity contribution is 5.75. The Kier molecular flexibility index (Phi) is 5.78. The van der Waals surface area contributed by atoms with Gasteiger partial charge in [0.2, 0.25) is 5.91 Å². The standard InChI is InChI=1S/C14H21FN2O/c1-4-13(11-6-5-7-12(15)10-11)16-9-8-14(18)17(2)3/h5-7,10,13,16H,4,8-9H2,1-3H3. The number of nitrogens with zero attached hydrogens (tertiary/aromatic N) is 1. The molecule has 1 aromatic rings. The van der Waals surface area contributed by atoms with E-state index in [9.17, 15) is 9.18 Å². The van der Waals surface area contributed by atoms with Crippen LogP contribution in [0.5, 0.6) is 0 Å². The van der Waals surface area contributed by atoms with Gasteiger partial charge in [0.1, 0.15) is 5.82 Å². The number of benzene rings is 1. The van der Waals surface area contributed by atoms with Crippen molar-refractivity contribution in [3.8, 4) is 0 Å². The molecule has 0 heterocycles. The molecule has 3 nitrogen and oxygen atoms in total. The fraction of sp³-hybridized carbons (Fsp3) is 0.500. The van der Waals surface area contributed by atoms with Crippen molar-refractivity contribution < 1.29 is 9.18 Å². The lowest BCUT2D eigenvalue weighted by atomic mass is 10.0. The third kappa shape index (κ3) is 4.45. The van der Waals surface area contributed by atoms with E-state index < -0.39 is 0 Å². The second-order valence-electron chi connectivity index (χ2n) is 4.51. The summed E-state index contributed by atoms with van der Waals surface area (Å²) in [6.45, 7) is 2.64. The molecule has 0 aliphatic heterocycles. The smallest absolute Gasteiger partial charge is 0.223 e. The molecule has 0 aliphatic carbocycles. The van der Waals surface area contributed by atoms with E-state index in [2.05, 4.69) is 5.32 Å². The van der Waals surface area contributed by atoms with Crippen LogP contribution in [0.2, 0.25) is 0 Å². The van der Waals surface area contributed by atoms with Gasteiger partial charge in [-0.05, 0) is 24.1 Å². The van der Waals surface area contributed by atoms with Crippen molar-refractivity contribution in [3.05, 3.63) is 35.6 Å². The molecule has 18 heavy (non-hydrogen) atoms. The van der Waals surface area contributed by atoms with Gasteiger partial charge in [-0.2, -0.15) is 0 Å². The van der Waals surface area contributed by atoms with Crippen molar-refractivity contribution in [3.63, 3.8) is 0 Å². The minimum atomic E-state index is -0.225. The molecule has 100 valence electrons. The molecule has 1 atom stereocenters. The summed E-state index contributed by atoms with van der Waals surface area (Å²) in [4.78, 5) is 13.0. The maximum Gasteiger partial charge on any atom is 0.223 e. The van der Waals surface area contributed by atoms with Crippen molar-refractivity contribution in [2.45, 2.75) is 25.8 Å². The minimum Gasteiger partial charge on any atom is -0.349 e. The van der Waals surface area contributed by atoms with Crippen LogP contribution < -0.4 is 5.32 Å². The lowest BCUT2D eigenvalue weighted by molar-refractivity contribution is -0.128. The van der Waals surface area contributed by atoms with Crippen LogP contribution in [0, 0.1) is 5.82 Å². The van der Waals surface area contributed by atoms with Gasteiger partial charge >= 0.3 is 0 Å². The summed E-state index contributed by atoms with van der Waals surface area (Å²) in [5.74, 6) is -0.131. The van der Waals surface area contributed by atoms with Gasteiger partial charge in [-0.25, -0.2) is 4.39 Å². The molecule has 1 rings (SSSR count). The molecule has 0 spiro atoms. The highest BCUT2D eigenvalue weighted by atomic mass is 19.1. The van der Waals surface area contributed by atoms with Crippen molar-refractivity contribution in [2.75, 3.05) is 20.6 Å². The predicted octanol–water partition coefficient (Wildman–Crippen LogP) is 2.34. The Morgan fingerprint density at radius 3 is 2.72 bits per heavy atom. The van der Waals surface area contributed by atoms with Gasteiger partial charge in [-0.1, -0.05) is 19.1 Å². The van der Waals surface area contributed by atoms with E-state index >= 15 is 0 Å². The number of hydrogen-bond donors (Lipinski definition) is 1.